The summed E-state index contributed by atoms with van der Waals surface area (Å²) in [4.78, 5) is 0. The van der Waals surface area contributed by atoms with E-state index in [4.69, 9.17) is 11.1 Å². The minimum Gasteiger partial charge on any atom is -0.387 e. The van der Waals surface area contributed by atoms with Gasteiger partial charge in [-0.2, -0.15) is 0 Å². The van der Waals surface area contributed by atoms with E-state index in [-0.39, 0.29) is 24.1 Å². The van der Waals surface area contributed by atoms with Crippen molar-refractivity contribution in [3.05, 3.63) is 35.9 Å². The molecule has 0 saturated heterocycles. The molecular weight excluding hydrogens is 274 g/mol. The van der Waals surface area contributed by atoms with Gasteiger partial charge < -0.3 is 5.73 Å². The third-order valence-electron chi connectivity index (χ3n) is 3.25. The van der Waals surface area contributed by atoms with Gasteiger partial charge in [0.2, 0.25) is 10.0 Å². The number of aryl methyl sites for hydroxylation is 1. The van der Waals surface area contributed by atoms with Gasteiger partial charge in [-0.15, -0.1) is 0 Å². The van der Waals surface area contributed by atoms with E-state index < -0.39 is 10.0 Å². The van der Waals surface area contributed by atoms with E-state index in [1.807, 2.05) is 30.3 Å². The van der Waals surface area contributed by atoms with Crippen LogP contribution in [-0.4, -0.2) is 37.4 Å². The summed E-state index contributed by atoms with van der Waals surface area (Å²) in [6.07, 6.45) is 0.494. The molecule has 1 unspecified atom stereocenters. The molecule has 0 fully saturated rings. The van der Waals surface area contributed by atoms with Crippen LogP contribution in [0, 0.1) is 11.3 Å². The molecule has 20 heavy (non-hydrogen) atoms. The molecule has 3 N–H and O–H groups in total. The number of rotatable bonds is 8. The van der Waals surface area contributed by atoms with Crippen molar-refractivity contribution in [2.24, 2.45) is 11.7 Å². The van der Waals surface area contributed by atoms with Crippen LogP contribution < -0.4 is 5.73 Å². The van der Waals surface area contributed by atoms with Crippen molar-refractivity contribution >= 4 is 15.9 Å². The molecule has 1 atom stereocenters. The lowest BCUT2D eigenvalue weighted by Gasteiger charge is -2.23. The van der Waals surface area contributed by atoms with Crippen LogP contribution in [0.4, 0.5) is 0 Å². The van der Waals surface area contributed by atoms with Gasteiger partial charge in [-0.05, 0) is 12.0 Å². The van der Waals surface area contributed by atoms with Gasteiger partial charge in [-0.3, -0.25) is 5.41 Å². The zero-order chi connectivity index (χ0) is 15.2. The average Bonchev–Trinajstić information content (AvgIpc) is 2.43. The van der Waals surface area contributed by atoms with E-state index in [1.165, 1.54) is 4.31 Å². The standard InChI is InChI=1S/C14H23N3O2S/c1-3-17(11-12(2)14(15)16)20(18,19)10-9-13-7-5-4-6-8-13/h4-8,12H,3,9-11H2,1-2H3,(H3,15,16). The maximum atomic E-state index is 12.3. The van der Waals surface area contributed by atoms with Gasteiger partial charge in [-0.1, -0.05) is 44.2 Å². The molecule has 0 amide bonds. The first kappa shape index (κ1) is 16.7. The molecule has 1 rings (SSSR count). The Balaban J connectivity index is 2.67. The predicted molar refractivity (Wildman–Crippen MR) is 82.3 cm³/mol. The Labute approximate surface area is 121 Å². The quantitative estimate of drug-likeness (QED) is 0.562. The summed E-state index contributed by atoms with van der Waals surface area (Å²) < 4.78 is 26.0. The van der Waals surface area contributed by atoms with Gasteiger partial charge in [0.1, 0.15) is 0 Å². The fraction of sp³-hybridized carbons (Fsp3) is 0.500. The molecule has 0 radical (unpaired) electrons. The number of nitrogens with zero attached hydrogens (tertiary/aromatic N) is 1. The van der Waals surface area contributed by atoms with E-state index >= 15 is 0 Å². The number of amidine groups is 1. The molecule has 0 aliphatic heterocycles. The normalized spacial score (nSPS) is 13.3. The van der Waals surface area contributed by atoms with Crippen LogP contribution in [0.5, 0.6) is 0 Å². The first-order valence-electron chi connectivity index (χ1n) is 6.72. The van der Waals surface area contributed by atoms with Crippen LogP contribution in [0.25, 0.3) is 0 Å². The Morgan fingerprint density at radius 3 is 2.45 bits per heavy atom. The molecule has 0 aliphatic carbocycles. The predicted octanol–water partition coefficient (Wildman–Crippen LogP) is 1.45. The molecule has 6 heteroatoms. The molecular formula is C14H23N3O2S. The zero-order valence-corrected chi connectivity index (χ0v) is 12.9. The van der Waals surface area contributed by atoms with Crippen molar-refractivity contribution in [1.29, 1.82) is 5.41 Å². The van der Waals surface area contributed by atoms with Crippen LogP contribution in [0.3, 0.4) is 0 Å². The Hall–Kier alpha value is -1.40. The monoisotopic (exact) mass is 297 g/mol. The molecule has 5 nitrogen and oxygen atoms in total. The molecule has 0 heterocycles. The second-order valence-corrected chi connectivity index (χ2v) is 6.95. The summed E-state index contributed by atoms with van der Waals surface area (Å²) in [7, 11) is -3.32. The molecule has 0 aromatic heterocycles. The number of sulfonamides is 1. The third kappa shape index (κ3) is 4.94. The second-order valence-electron chi connectivity index (χ2n) is 4.86. The van der Waals surface area contributed by atoms with Gasteiger partial charge in [0.15, 0.2) is 0 Å². The van der Waals surface area contributed by atoms with Crippen molar-refractivity contribution in [1.82, 2.24) is 4.31 Å². The van der Waals surface area contributed by atoms with E-state index in [1.54, 1.807) is 13.8 Å². The Bertz CT molecular complexity index is 529. The highest BCUT2D eigenvalue weighted by atomic mass is 32.2. The van der Waals surface area contributed by atoms with Gasteiger partial charge in [-0.25, -0.2) is 12.7 Å². The van der Waals surface area contributed by atoms with Crippen molar-refractivity contribution in [3.8, 4) is 0 Å². The van der Waals surface area contributed by atoms with E-state index in [2.05, 4.69) is 0 Å². The molecule has 1 aromatic rings. The topological polar surface area (TPSA) is 87.2 Å². The number of hydrogen-bond donors (Lipinski definition) is 2. The lowest BCUT2D eigenvalue weighted by Crippen LogP contribution is -2.39. The van der Waals surface area contributed by atoms with Crippen LogP contribution in [0.2, 0.25) is 0 Å². The molecule has 1 aromatic carbocycles. The fourth-order valence-electron chi connectivity index (χ4n) is 1.86. The molecule has 112 valence electrons. The average molecular weight is 297 g/mol. The van der Waals surface area contributed by atoms with Crippen LogP contribution in [0.15, 0.2) is 30.3 Å². The summed E-state index contributed by atoms with van der Waals surface area (Å²) in [5.41, 5.74) is 6.42. The summed E-state index contributed by atoms with van der Waals surface area (Å²) in [6.45, 7) is 4.22. The Morgan fingerprint density at radius 2 is 1.95 bits per heavy atom. The van der Waals surface area contributed by atoms with E-state index in [0.29, 0.717) is 13.0 Å². The van der Waals surface area contributed by atoms with E-state index in [0.717, 1.165) is 5.56 Å². The fourth-order valence-corrected chi connectivity index (χ4v) is 3.46. The van der Waals surface area contributed by atoms with Crippen molar-refractivity contribution in [3.63, 3.8) is 0 Å². The minimum absolute atomic E-state index is 0.0155. The first-order valence-corrected chi connectivity index (χ1v) is 8.33. The third-order valence-corrected chi connectivity index (χ3v) is 5.16. The maximum absolute atomic E-state index is 12.3. The van der Waals surface area contributed by atoms with Gasteiger partial charge in [0, 0.05) is 19.0 Å². The van der Waals surface area contributed by atoms with E-state index in [9.17, 15) is 8.42 Å². The highest BCUT2D eigenvalue weighted by Gasteiger charge is 2.23. The number of benzene rings is 1. The maximum Gasteiger partial charge on any atom is 0.214 e. The summed E-state index contributed by atoms with van der Waals surface area (Å²) >= 11 is 0. The van der Waals surface area contributed by atoms with Crippen LogP contribution in [-0.2, 0) is 16.4 Å². The minimum atomic E-state index is -3.32. The lowest BCUT2D eigenvalue weighted by molar-refractivity contribution is 0.403. The van der Waals surface area contributed by atoms with Crippen LogP contribution in [0.1, 0.15) is 19.4 Å². The van der Waals surface area contributed by atoms with Gasteiger partial charge >= 0.3 is 0 Å². The second kappa shape index (κ2) is 7.40. The van der Waals surface area contributed by atoms with Gasteiger partial charge in [0.05, 0.1) is 11.6 Å². The first-order chi connectivity index (χ1) is 9.36. The smallest absolute Gasteiger partial charge is 0.214 e. The molecule has 0 bridgehead atoms. The number of nitrogens with one attached hydrogen (secondary N) is 1. The van der Waals surface area contributed by atoms with Crippen LogP contribution >= 0.6 is 0 Å². The van der Waals surface area contributed by atoms with Crippen molar-refractivity contribution in [2.75, 3.05) is 18.8 Å². The van der Waals surface area contributed by atoms with Gasteiger partial charge in [0.25, 0.3) is 0 Å². The SMILES string of the molecule is CCN(CC(C)C(=N)N)S(=O)(=O)CCc1ccccc1. The zero-order valence-electron chi connectivity index (χ0n) is 12.0. The largest absolute Gasteiger partial charge is 0.387 e. The lowest BCUT2D eigenvalue weighted by atomic mass is 10.1. The summed E-state index contributed by atoms with van der Waals surface area (Å²) in [5.74, 6) is -0.168. The summed E-state index contributed by atoms with van der Waals surface area (Å²) in [5, 5.41) is 7.37. The Morgan fingerprint density at radius 1 is 1.35 bits per heavy atom. The molecule has 0 aliphatic rings. The number of hydrogen-bond acceptors (Lipinski definition) is 3. The highest BCUT2D eigenvalue weighted by Crippen LogP contribution is 2.09. The Kier molecular flexibility index (Phi) is 6.16. The number of nitrogens with two attached hydrogens (primary N) is 1. The summed E-state index contributed by atoms with van der Waals surface area (Å²) in [6, 6.07) is 9.55. The molecule has 0 spiro atoms. The molecule has 0 saturated carbocycles. The van der Waals surface area contributed by atoms with Crippen molar-refractivity contribution < 1.29 is 8.42 Å². The highest BCUT2D eigenvalue weighted by molar-refractivity contribution is 7.89. The van der Waals surface area contributed by atoms with Crippen molar-refractivity contribution in [2.45, 2.75) is 20.3 Å².